The van der Waals surface area contributed by atoms with Crippen LogP contribution in [0, 0.1) is 5.41 Å². The van der Waals surface area contributed by atoms with Gasteiger partial charge in [-0.25, -0.2) is 4.99 Å². The molecule has 2 rings (SSSR count). The first-order valence-electron chi connectivity index (χ1n) is 8.20. The number of fused-ring (bicyclic) bond motifs is 1. The quantitative estimate of drug-likeness (QED) is 0.705. The summed E-state index contributed by atoms with van der Waals surface area (Å²) in [6, 6.07) is 5.68. The van der Waals surface area contributed by atoms with Gasteiger partial charge < -0.3 is 10.5 Å². The van der Waals surface area contributed by atoms with E-state index in [1.165, 1.54) is 32.1 Å². The van der Waals surface area contributed by atoms with Crippen molar-refractivity contribution in [3.63, 3.8) is 0 Å². The topological polar surface area (TPSA) is 71.5 Å². The first-order valence-corrected chi connectivity index (χ1v) is 8.20. The summed E-state index contributed by atoms with van der Waals surface area (Å²) in [5, 5.41) is 7.84. The van der Waals surface area contributed by atoms with Crippen molar-refractivity contribution < 1.29 is 4.74 Å². The fourth-order valence-electron chi connectivity index (χ4n) is 2.82. The number of benzene rings is 1. The van der Waals surface area contributed by atoms with E-state index in [0.717, 1.165) is 23.3 Å². The monoisotopic (exact) mass is 301 g/mol. The van der Waals surface area contributed by atoms with Gasteiger partial charge in [0.25, 0.3) is 0 Å². The molecule has 1 heterocycles. The van der Waals surface area contributed by atoms with E-state index in [0.29, 0.717) is 5.84 Å². The van der Waals surface area contributed by atoms with Gasteiger partial charge in [-0.2, -0.15) is 0 Å². The maximum Gasteiger partial charge on any atom is 0.155 e. The van der Waals surface area contributed by atoms with Gasteiger partial charge in [0, 0.05) is 5.56 Å². The Kier molecular flexibility index (Phi) is 5.22. The Balaban J connectivity index is 2.02. The van der Waals surface area contributed by atoms with Crippen molar-refractivity contribution in [1.82, 2.24) is 0 Å². The second kappa shape index (κ2) is 6.95. The van der Waals surface area contributed by atoms with Gasteiger partial charge in [-0.05, 0) is 32.8 Å². The number of hydrogen-bond acceptors (Lipinski definition) is 3. The van der Waals surface area contributed by atoms with Crippen LogP contribution in [0.2, 0.25) is 0 Å². The van der Waals surface area contributed by atoms with Crippen LogP contribution in [0.4, 0.5) is 0 Å². The van der Waals surface area contributed by atoms with Crippen LogP contribution in [0.1, 0.15) is 70.4 Å². The van der Waals surface area contributed by atoms with E-state index in [9.17, 15) is 0 Å². The van der Waals surface area contributed by atoms with E-state index < -0.39 is 0 Å². The van der Waals surface area contributed by atoms with Gasteiger partial charge in [0.15, 0.2) is 5.84 Å². The Bertz CT molecular complexity index is 576. The standard InChI is InChI=1S/C18H27N3O/c1-4-5-6-7-8-12-18(2,3)22-14-11-9-10-13-15(14)17(20)21-16(13)19/h9-11H,4-8,12H2,1-3H3,(H3,19,20,21). The molecule has 1 aromatic rings. The van der Waals surface area contributed by atoms with Crippen LogP contribution in [0.25, 0.3) is 0 Å². The average molecular weight is 301 g/mol. The Morgan fingerprint density at radius 2 is 1.91 bits per heavy atom. The molecule has 0 aliphatic carbocycles. The van der Waals surface area contributed by atoms with Gasteiger partial charge in [0.1, 0.15) is 17.2 Å². The van der Waals surface area contributed by atoms with Gasteiger partial charge in [-0.1, -0.05) is 44.7 Å². The van der Waals surface area contributed by atoms with Gasteiger partial charge in [0.2, 0.25) is 0 Å². The maximum atomic E-state index is 7.84. The van der Waals surface area contributed by atoms with Crippen molar-refractivity contribution in [3.05, 3.63) is 29.3 Å². The zero-order valence-electron chi connectivity index (χ0n) is 13.9. The third-order valence-electron chi connectivity index (χ3n) is 4.04. The fourth-order valence-corrected chi connectivity index (χ4v) is 2.82. The molecular formula is C18H27N3O. The minimum Gasteiger partial charge on any atom is -0.487 e. The predicted octanol–water partition coefficient (Wildman–Crippen LogP) is 4.25. The molecule has 0 bridgehead atoms. The zero-order chi connectivity index (χ0) is 16.2. The minimum absolute atomic E-state index is 0.218. The number of nitrogens with one attached hydrogen (secondary N) is 1. The minimum atomic E-state index is -0.244. The zero-order valence-corrected chi connectivity index (χ0v) is 13.9. The van der Waals surface area contributed by atoms with Gasteiger partial charge >= 0.3 is 0 Å². The van der Waals surface area contributed by atoms with E-state index in [4.69, 9.17) is 15.9 Å². The van der Waals surface area contributed by atoms with Crippen LogP contribution in [-0.4, -0.2) is 17.3 Å². The smallest absolute Gasteiger partial charge is 0.155 e. The summed E-state index contributed by atoms with van der Waals surface area (Å²) in [5.41, 5.74) is 7.22. The van der Waals surface area contributed by atoms with E-state index in [1.54, 1.807) is 0 Å². The largest absolute Gasteiger partial charge is 0.487 e. The van der Waals surface area contributed by atoms with Crippen LogP contribution < -0.4 is 10.5 Å². The number of nitrogens with two attached hydrogens (primary N) is 1. The molecule has 0 radical (unpaired) electrons. The number of ether oxygens (including phenoxy) is 1. The van der Waals surface area contributed by atoms with Crippen LogP contribution >= 0.6 is 0 Å². The van der Waals surface area contributed by atoms with E-state index in [-0.39, 0.29) is 11.4 Å². The summed E-state index contributed by atoms with van der Waals surface area (Å²) in [7, 11) is 0. The Labute approximate surface area is 133 Å². The molecule has 3 N–H and O–H groups in total. The molecule has 0 amide bonds. The summed E-state index contributed by atoms with van der Waals surface area (Å²) in [6.45, 7) is 6.45. The predicted molar refractivity (Wildman–Crippen MR) is 92.1 cm³/mol. The number of rotatable bonds is 8. The molecular weight excluding hydrogens is 274 g/mol. The Morgan fingerprint density at radius 3 is 2.64 bits per heavy atom. The SMILES string of the molecule is CCCCCCCC(C)(C)Oc1cccc2c1C(N)=NC2=N. The van der Waals surface area contributed by atoms with E-state index in [1.807, 2.05) is 18.2 Å². The lowest BCUT2D eigenvalue weighted by molar-refractivity contribution is 0.0958. The molecule has 0 unspecified atom stereocenters. The molecule has 1 aliphatic heterocycles. The van der Waals surface area contributed by atoms with Crippen LogP contribution in [0.15, 0.2) is 23.2 Å². The van der Waals surface area contributed by atoms with Crippen molar-refractivity contribution in [2.75, 3.05) is 0 Å². The summed E-state index contributed by atoms with van der Waals surface area (Å²) >= 11 is 0. The second-order valence-electron chi connectivity index (χ2n) is 6.55. The number of aliphatic imine (C=N–C) groups is 1. The highest BCUT2D eigenvalue weighted by atomic mass is 16.5. The lowest BCUT2D eigenvalue weighted by Gasteiger charge is -2.27. The summed E-state index contributed by atoms with van der Waals surface area (Å²) < 4.78 is 6.21. The highest BCUT2D eigenvalue weighted by Crippen LogP contribution is 2.31. The van der Waals surface area contributed by atoms with Crippen LogP contribution in [0.3, 0.4) is 0 Å². The number of amidine groups is 2. The van der Waals surface area contributed by atoms with Gasteiger partial charge in [-0.3, -0.25) is 5.41 Å². The fraction of sp³-hybridized carbons (Fsp3) is 0.556. The maximum absolute atomic E-state index is 7.84. The molecule has 1 aromatic carbocycles. The molecule has 0 fully saturated rings. The molecule has 4 heteroatoms. The molecule has 0 spiro atoms. The number of unbranched alkanes of at least 4 members (excludes halogenated alkanes) is 4. The molecule has 0 aromatic heterocycles. The summed E-state index contributed by atoms with van der Waals surface area (Å²) in [5.74, 6) is 1.34. The van der Waals surface area contributed by atoms with Crippen molar-refractivity contribution in [2.45, 2.75) is 64.9 Å². The Hall–Kier alpha value is -1.84. The van der Waals surface area contributed by atoms with E-state index in [2.05, 4.69) is 25.8 Å². The average Bonchev–Trinajstić information content (AvgIpc) is 2.74. The van der Waals surface area contributed by atoms with Crippen LogP contribution in [-0.2, 0) is 0 Å². The lowest BCUT2D eigenvalue weighted by Crippen LogP contribution is -2.29. The number of hydrogen-bond donors (Lipinski definition) is 2. The number of nitrogens with zero attached hydrogens (tertiary/aromatic N) is 1. The lowest BCUT2D eigenvalue weighted by atomic mass is 9.99. The third-order valence-corrected chi connectivity index (χ3v) is 4.04. The molecule has 1 aliphatic rings. The summed E-state index contributed by atoms with van der Waals surface area (Å²) in [4.78, 5) is 4.04. The van der Waals surface area contributed by atoms with Crippen molar-refractivity contribution in [3.8, 4) is 5.75 Å². The molecule has 120 valence electrons. The van der Waals surface area contributed by atoms with Gasteiger partial charge in [-0.15, -0.1) is 0 Å². The van der Waals surface area contributed by atoms with E-state index >= 15 is 0 Å². The molecule has 0 saturated heterocycles. The first kappa shape index (κ1) is 16.5. The van der Waals surface area contributed by atoms with Gasteiger partial charge in [0.05, 0.1) is 5.56 Å². The highest BCUT2D eigenvalue weighted by Gasteiger charge is 2.26. The molecule has 22 heavy (non-hydrogen) atoms. The van der Waals surface area contributed by atoms with Crippen LogP contribution in [0.5, 0.6) is 5.75 Å². The highest BCUT2D eigenvalue weighted by molar-refractivity contribution is 6.22. The second-order valence-corrected chi connectivity index (χ2v) is 6.55. The van der Waals surface area contributed by atoms with Crippen molar-refractivity contribution in [1.29, 1.82) is 5.41 Å². The molecule has 0 atom stereocenters. The van der Waals surface area contributed by atoms with Crippen molar-refractivity contribution in [2.24, 2.45) is 10.7 Å². The Morgan fingerprint density at radius 1 is 1.18 bits per heavy atom. The normalized spacial score (nSPS) is 14.0. The molecule has 0 saturated carbocycles. The van der Waals surface area contributed by atoms with Crippen molar-refractivity contribution >= 4 is 11.7 Å². The third kappa shape index (κ3) is 3.87. The first-order chi connectivity index (χ1) is 10.4. The summed E-state index contributed by atoms with van der Waals surface area (Å²) in [6.07, 6.45) is 7.30. The molecule has 4 nitrogen and oxygen atoms in total.